The van der Waals surface area contributed by atoms with Crippen molar-refractivity contribution in [2.24, 2.45) is 5.41 Å². The molecule has 3 aliphatic heterocycles. The van der Waals surface area contributed by atoms with E-state index in [2.05, 4.69) is 15.2 Å². The minimum atomic E-state index is -0.177. The van der Waals surface area contributed by atoms with Gasteiger partial charge in [0.15, 0.2) is 0 Å². The molecule has 1 aromatic heterocycles. The normalized spacial score (nSPS) is 24.1. The Kier molecular flexibility index (Phi) is 36.9. The zero-order chi connectivity index (χ0) is 48.2. The molecule has 0 amide bonds. The number of hydrogen-bond donors (Lipinski definition) is 1. The maximum atomic E-state index is 12.9. The van der Waals surface area contributed by atoms with E-state index in [-0.39, 0.29) is 5.97 Å². The monoisotopic (exact) mass is 958 g/mol. The molecular weight excluding hydrogens is 843 g/mol. The fourth-order valence-corrected chi connectivity index (χ4v) is 12.3. The Morgan fingerprint density at radius 2 is 0.681 bits per heavy atom. The third-order valence-electron chi connectivity index (χ3n) is 17.2. The molecule has 0 atom stereocenters. The van der Waals surface area contributed by atoms with Crippen molar-refractivity contribution in [1.82, 2.24) is 15.2 Å². The van der Waals surface area contributed by atoms with Crippen molar-refractivity contribution >= 4 is 11.5 Å². The van der Waals surface area contributed by atoms with Gasteiger partial charge in [0, 0.05) is 25.5 Å². The van der Waals surface area contributed by atoms with Gasteiger partial charge in [-0.2, -0.15) is 0 Å². The number of hydrogen-bond acceptors (Lipinski definition) is 5. The van der Waals surface area contributed by atoms with Crippen LogP contribution < -0.4 is 5.32 Å². The predicted molar refractivity (Wildman–Crippen MR) is 300 cm³/mol. The summed E-state index contributed by atoms with van der Waals surface area (Å²) in [5.41, 5.74) is 3.20. The van der Waals surface area contributed by atoms with E-state index in [1.807, 2.05) is 12.1 Å². The molecule has 4 rings (SSSR count). The third kappa shape index (κ3) is 30.0. The van der Waals surface area contributed by atoms with E-state index in [4.69, 9.17) is 4.74 Å². The van der Waals surface area contributed by atoms with Crippen molar-refractivity contribution in [3.05, 3.63) is 35.8 Å². The number of nitrogens with zero attached hydrogens (tertiary/aromatic N) is 2. The van der Waals surface area contributed by atoms with Crippen LogP contribution in [0.1, 0.15) is 327 Å². The van der Waals surface area contributed by atoms with Crippen LogP contribution in [0.25, 0.3) is 5.57 Å². The third-order valence-corrected chi connectivity index (χ3v) is 17.2. The average molecular weight is 959 g/mol. The lowest BCUT2D eigenvalue weighted by atomic mass is 9.71. The van der Waals surface area contributed by atoms with Crippen LogP contribution in [0.4, 0.5) is 0 Å². The maximum absolute atomic E-state index is 12.9. The highest BCUT2D eigenvalue weighted by molar-refractivity contribution is 6.19. The SMILES string of the molecule is O=C1OCC(N2CCC3(CCCCCCCCCCCCCCCCCCCCCCCCCCCCCCCCCCCCCCCCCCCCCCCCNCC3)CC2)=C1c1ccncc1. The van der Waals surface area contributed by atoms with E-state index < -0.39 is 0 Å². The van der Waals surface area contributed by atoms with Gasteiger partial charge >= 0.3 is 5.97 Å². The number of carbonyl (C=O) groups is 1. The first-order chi connectivity index (χ1) is 34.3. The van der Waals surface area contributed by atoms with Crippen LogP contribution in [0.5, 0.6) is 0 Å². The van der Waals surface area contributed by atoms with Gasteiger partial charge in [0.05, 0.1) is 11.3 Å². The molecule has 0 aliphatic carbocycles. The molecule has 1 N–H and O–H groups in total. The molecule has 0 aromatic carbocycles. The number of esters is 1. The minimum Gasteiger partial charge on any atom is -0.456 e. The number of piperidine rings is 1. The van der Waals surface area contributed by atoms with E-state index >= 15 is 0 Å². The van der Waals surface area contributed by atoms with Crippen LogP contribution in [-0.2, 0) is 9.53 Å². The van der Waals surface area contributed by atoms with E-state index in [1.165, 1.54) is 328 Å². The molecule has 1 spiro atoms. The summed E-state index contributed by atoms with van der Waals surface area (Å²) in [6, 6.07) is 3.90. The molecular formula is C64H115N3O2. The zero-order valence-electron chi connectivity index (χ0n) is 45.9. The fraction of sp³-hybridized carbons (Fsp3) is 0.875. The number of likely N-dealkylation sites (tertiary alicyclic amines) is 1. The highest BCUT2D eigenvalue weighted by Crippen LogP contribution is 2.42. The number of carbonyl (C=O) groups excluding carboxylic acids is 1. The molecule has 3 aliphatic rings. The molecule has 2 saturated heterocycles. The second-order valence-electron chi connectivity index (χ2n) is 23.1. The van der Waals surface area contributed by atoms with Gasteiger partial charge in [-0.05, 0) is 68.3 Å². The summed E-state index contributed by atoms with van der Waals surface area (Å²) in [4.78, 5) is 19.5. The molecule has 69 heavy (non-hydrogen) atoms. The molecule has 0 unspecified atom stereocenters. The van der Waals surface area contributed by atoms with Crippen molar-refractivity contribution < 1.29 is 9.53 Å². The molecule has 2 fully saturated rings. The summed E-state index contributed by atoms with van der Waals surface area (Å²) in [5.74, 6) is -0.177. The first kappa shape index (κ1) is 59.7. The van der Waals surface area contributed by atoms with Crippen LogP contribution in [0.15, 0.2) is 30.2 Å². The standard InChI is InChI=1S/C64H115N3O2/c68-63-62(60-47-54-66-55-48-60)61(59-69-63)67-57-51-64(52-58-67)49-45-43-41-39-37-35-33-31-29-27-25-23-21-19-17-15-13-11-9-7-5-3-1-2-4-6-8-10-12-14-16-18-20-22-24-26-28-30-32-34-36-38-40-42-44-46-53-65-56-50-64/h47-48,54-55,65H,1-46,49-53,56-59H2. The lowest BCUT2D eigenvalue weighted by Crippen LogP contribution is -2.41. The van der Waals surface area contributed by atoms with Crippen LogP contribution >= 0.6 is 0 Å². The Labute approximate surface area is 429 Å². The summed E-state index contributed by atoms with van der Waals surface area (Å²) < 4.78 is 5.62. The number of rotatable bonds is 2. The Hall–Kier alpha value is -1.88. The first-order valence-electron chi connectivity index (χ1n) is 31.5. The summed E-state index contributed by atoms with van der Waals surface area (Å²) in [5, 5.41) is 3.89. The predicted octanol–water partition coefficient (Wildman–Crippen LogP) is 19.8. The molecule has 0 saturated carbocycles. The number of aromatic nitrogens is 1. The van der Waals surface area contributed by atoms with Gasteiger partial charge in [-0.15, -0.1) is 0 Å². The highest BCUT2D eigenvalue weighted by atomic mass is 16.5. The topological polar surface area (TPSA) is 54.5 Å². The number of nitrogens with one attached hydrogen (secondary N) is 1. The van der Waals surface area contributed by atoms with Gasteiger partial charge in [0.1, 0.15) is 6.61 Å². The Morgan fingerprint density at radius 1 is 0.377 bits per heavy atom. The maximum Gasteiger partial charge on any atom is 0.341 e. The van der Waals surface area contributed by atoms with Gasteiger partial charge < -0.3 is 15.0 Å². The summed E-state index contributed by atoms with van der Waals surface area (Å²) in [6.07, 6.45) is 75.7. The van der Waals surface area contributed by atoms with Crippen molar-refractivity contribution in [2.75, 3.05) is 32.8 Å². The summed E-state index contributed by atoms with van der Waals surface area (Å²) in [7, 11) is 0. The molecule has 4 heterocycles. The zero-order valence-corrected chi connectivity index (χ0v) is 45.9. The van der Waals surface area contributed by atoms with Gasteiger partial charge in [-0.1, -0.05) is 289 Å². The molecule has 1 aromatic rings. The van der Waals surface area contributed by atoms with Crippen LogP contribution in [0.3, 0.4) is 0 Å². The summed E-state index contributed by atoms with van der Waals surface area (Å²) >= 11 is 0. The Bertz CT molecular complexity index is 1280. The molecule has 0 radical (unpaired) electrons. The largest absolute Gasteiger partial charge is 0.456 e. The Morgan fingerprint density at radius 3 is 1.01 bits per heavy atom. The highest BCUT2D eigenvalue weighted by Gasteiger charge is 2.37. The van der Waals surface area contributed by atoms with E-state index in [0.29, 0.717) is 12.0 Å². The average Bonchev–Trinajstić information content (AvgIpc) is 3.76. The van der Waals surface area contributed by atoms with Gasteiger partial charge in [-0.25, -0.2) is 4.79 Å². The molecule has 5 heteroatoms. The molecule has 5 nitrogen and oxygen atoms in total. The lowest BCUT2D eigenvalue weighted by Gasteiger charge is -2.43. The minimum absolute atomic E-state index is 0.177. The van der Waals surface area contributed by atoms with Crippen molar-refractivity contribution in [3.8, 4) is 0 Å². The number of pyridine rings is 1. The van der Waals surface area contributed by atoms with E-state index in [0.717, 1.165) is 36.5 Å². The summed E-state index contributed by atoms with van der Waals surface area (Å²) in [6.45, 7) is 4.78. The van der Waals surface area contributed by atoms with E-state index in [1.54, 1.807) is 12.4 Å². The van der Waals surface area contributed by atoms with Crippen LogP contribution in [0.2, 0.25) is 0 Å². The van der Waals surface area contributed by atoms with Crippen LogP contribution in [-0.4, -0.2) is 48.6 Å². The quantitative estimate of drug-likeness (QED) is 0.299. The van der Waals surface area contributed by atoms with E-state index in [9.17, 15) is 4.79 Å². The van der Waals surface area contributed by atoms with Gasteiger partial charge in [-0.3, -0.25) is 4.98 Å². The second-order valence-corrected chi connectivity index (χ2v) is 23.1. The van der Waals surface area contributed by atoms with Crippen LogP contribution in [0, 0.1) is 5.41 Å². The van der Waals surface area contributed by atoms with Crippen molar-refractivity contribution in [2.45, 2.75) is 321 Å². The van der Waals surface area contributed by atoms with Crippen molar-refractivity contribution in [1.29, 1.82) is 0 Å². The van der Waals surface area contributed by atoms with Gasteiger partial charge in [0.25, 0.3) is 0 Å². The second kappa shape index (κ2) is 42.6. The Balaban J connectivity index is 1.09. The first-order valence-corrected chi connectivity index (χ1v) is 31.5. The lowest BCUT2D eigenvalue weighted by molar-refractivity contribution is -0.134. The molecule has 0 bridgehead atoms. The fourth-order valence-electron chi connectivity index (χ4n) is 12.3. The number of ether oxygens (including phenoxy) is 1. The van der Waals surface area contributed by atoms with Gasteiger partial charge in [0.2, 0.25) is 0 Å². The number of cyclic esters (lactones) is 1. The molecule has 398 valence electrons. The van der Waals surface area contributed by atoms with Crippen molar-refractivity contribution in [3.63, 3.8) is 0 Å². The smallest absolute Gasteiger partial charge is 0.341 e.